The van der Waals surface area contributed by atoms with Gasteiger partial charge in [0.15, 0.2) is 0 Å². The molecule has 0 radical (unpaired) electrons. The first kappa shape index (κ1) is 10.0. The van der Waals surface area contributed by atoms with Gasteiger partial charge in [0.1, 0.15) is 5.82 Å². The van der Waals surface area contributed by atoms with Gasteiger partial charge in [0.25, 0.3) is 0 Å². The summed E-state index contributed by atoms with van der Waals surface area (Å²) in [6.45, 7) is 11.4. The Hall–Kier alpha value is -1.05. The van der Waals surface area contributed by atoms with Gasteiger partial charge in [0.05, 0.1) is 0 Å². The molecule has 0 unspecified atom stereocenters. The number of hydrogen-bond acceptors (Lipinski definition) is 1. The van der Waals surface area contributed by atoms with Crippen molar-refractivity contribution in [2.75, 3.05) is 0 Å². The fourth-order valence-electron chi connectivity index (χ4n) is 1.31. The minimum absolute atomic E-state index is 0.486. The molecule has 1 rings (SSSR count). The van der Waals surface area contributed by atoms with Crippen LogP contribution in [0.15, 0.2) is 24.5 Å². The number of allylic oxidation sites excluding steroid dienone is 1. The molecule has 0 bridgehead atoms. The Balaban J connectivity index is 2.76. The summed E-state index contributed by atoms with van der Waals surface area (Å²) in [5, 5.41) is 0. The molecule has 72 valence electrons. The Morgan fingerprint density at radius 2 is 2.31 bits per heavy atom. The summed E-state index contributed by atoms with van der Waals surface area (Å²) in [5.74, 6) is 1.63. The zero-order chi connectivity index (χ0) is 9.84. The quantitative estimate of drug-likeness (QED) is 0.648. The second kappa shape index (κ2) is 4.26. The molecule has 0 amide bonds. The van der Waals surface area contributed by atoms with Crippen LogP contribution in [0.25, 0.3) is 0 Å². The molecule has 0 aliphatic heterocycles. The molecular formula is C11H18N2. The van der Waals surface area contributed by atoms with Gasteiger partial charge in [-0.05, 0) is 6.42 Å². The highest BCUT2D eigenvalue weighted by Crippen LogP contribution is 2.13. The summed E-state index contributed by atoms with van der Waals surface area (Å²) >= 11 is 0. The zero-order valence-corrected chi connectivity index (χ0v) is 8.75. The molecule has 1 aromatic rings. The van der Waals surface area contributed by atoms with Crippen molar-refractivity contribution in [1.29, 1.82) is 0 Å². The Labute approximate surface area is 80.3 Å². The minimum atomic E-state index is 0.486. The number of nitrogens with zero attached hydrogens (tertiary/aromatic N) is 2. The van der Waals surface area contributed by atoms with Gasteiger partial charge in [-0.15, -0.1) is 0 Å². The molecule has 0 aliphatic rings. The Morgan fingerprint density at radius 1 is 1.62 bits per heavy atom. The van der Waals surface area contributed by atoms with Crippen molar-refractivity contribution < 1.29 is 0 Å². The van der Waals surface area contributed by atoms with E-state index in [1.807, 2.05) is 12.4 Å². The molecule has 0 fully saturated rings. The van der Waals surface area contributed by atoms with Crippen molar-refractivity contribution in [3.63, 3.8) is 0 Å². The molecule has 0 aromatic carbocycles. The maximum Gasteiger partial charge on any atom is 0.111 e. The average Bonchev–Trinajstić information content (AvgIpc) is 2.52. The third kappa shape index (κ3) is 2.44. The summed E-state index contributed by atoms with van der Waals surface area (Å²) in [6, 6.07) is 0. The first-order valence-electron chi connectivity index (χ1n) is 4.82. The number of aromatic nitrogens is 2. The summed E-state index contributed by atoms with van der Waals surface area (Å²) in [7, 11) is 0. The predicted molar refractivity (Wildman–Crippen MR) is 55.7 cm³/mol. The summed E-state index contributed by atoms with van der Waals surface area (Å²) in [4.78, 5) is 4.32. The van der Waals surface area contributed by atoms with Gasteiger partial charge in [0.2, 0.25) is 0 Å². The van der Waals surface area contributed by atoms with Gasteiger partial charge < -0.3 is 4.57 Å². The molecule has 1 heterocycles. The average molecular weight is 178 g/mol. The Bertz CT molecular complexity index is 284. The van der Waals surface area contributed by atoms with Crippen LogP contribution in [0.1, 0.15) is 38.9 Å². The van der Waals surface area contributed by atoms with E-state index in [2.05, 4.69) is 36.9 Å². The molecule has 0 spiro atoms. The molecule has 2 nitrogen and oxygen atoms in total. The van der Waals surface area contributed by atoms with Crippen LogP contribution in [0, 0.1) is 0 Å². The standard InChI is InChI=1S/C11H18N2/c1-5-10(4)8-13-7-6-12-11(13)9(2)3/h6-7,9H,4-5,8H2,1-3H3. The molecule has 1 aromatic heterocycles. The minimum Gasteiger partial charge on any atom is -0.331 e. The predicted octanol–water partition coefficient (Wildman–Crippen LogP) is 2.97. The van der Waals surface area contributed by atoms with Gasteiger partial charge >= 0.3 is 0 Å². The molecular weight excluding hydrogens is 160 g/mol. The van der Waals surface area contributed by atoms with Crippen molar-refractivity contribution >= 4 is 0 Å². The second-order valence-corrected chi connectivity index (χ2v) is 3.67. The Kier molecular flexibility index (Phi) is 3.29. The third-order valence-corrected chi connectivity index (χ3v) is 2.16. The molecule has 0 saturated heterocycles. The normalized spacial score (nSPS) is 10.8. The van der Waals surface area contributed by atoms with E-state index in [0.29, 0.717) is 5.92 Å². The van der Waals surface area contributed by atoms with E-state index in [1.165, 1.54) is 5.57 Å². The first-order valence-corrected chi connectivity index (χ1v) is 4.82. The maximum absolute atomic E-state index is 4.32. The van der Waals surface area contributed by atoms with E-state index in [-0.39, 0.29) is 0 Å². The lowest BCUT2D eigenvalue weighted by Gasteiger charge is -2.10. The van der Waals surface area contributed by atoms with Crippen LogP contribution in [-0.2, 0) is 6.54 Å². The summed E-state index contributed by atoms with van der Waals surface area (Å²) in [6.07, 6.45) is 4.92. The fourth-order valence-corrected chi connectivity index (χ4v) is 1.31. The van der Waals surface area contributed by atoms with E-state index < -0.39 is 0 Å². The van der Waals surface area contributed by atoms with Gasteiger partial charge in [0, 0.05) is 24.9 Å². The largest absolute Gasteiger partial charge is 0.331 e. The zero-order valence-electron chi connectivity index (χ0n) is 8.75. The fraction of sp³-hybridized carbons (Fsp3) is 0.545. The van der Waals surface area contributed by atoms with Crippen molar-refractivity contribution in [1.82, 2.24) is 9.55 Å². The topological polar surface area (TPSA) is 17.8 Å². The highest BCUT2D eigenvalue weighted by atomic mass is 15.1. The number of rotatable bonds is 4. The number of hydrogen-bond donors (Lipinski definition) is 0. The van der Waals surface area contributed by atoms with E-state index in [1.54, 1.807) is 0 Å². The molecule has 0 atom stereocenters. The van der Waals surface area contributed by atoms with Gasteiger partial charge in [-0.3, -0.25) is 0 Å². The van der Waals surface area contributed by atoms with Crippen molar-refractivity contribution in [3.8, 4) is 0 Å². The van der Waals surface area contributed by atoms with Crippen LogP contribution < -0.4 is 0 Å². The van der Waals surface area contributed by atoms with Crippen LogP contribution in [0.5, 0.6) is 0 Å². The van der Waals surface area contributed by atoms with E-state index in [0.717, 1.165) is 18.8 Å². The highest BCUT2D eigenvalue weighted by molar-refractivity contribution is 5.03. The maximum atomic E-state index is 4.32. The molecule has 0 saturated carbocycles. The van der Waals surface area contributed by atoms with E-state index in [9.17, 15) is 0 Å². The van der Waals surface area contributed by atoms with Gasteiger partial charge in [-0.25, -0.2) is 4.98 Å². The summed E-state index contributed by atoms with van der Waals surface area (Å²) in [5.41, 5.74) is 1.25. The molecule has 13 heavy (non-hydrogen) atoms. The lowest BCUT2D eigenvalue weighted by Crippen LogP contribution is -2.05. The van der Waals surface area contributed by atoms with Crippen molar-refractivity contribution in [2.45, 2.75) is 39.7 Å². The van der Waals surface area contributed by atoms with Crippen LogP contribution in [-0.4, -0.2) is 9.55 Å². The second-order valence-electron chi connectivity index (χ2n) is 3.67. The SMILES string of the molecule is C=C(CC)Cn1ccnc1C(C)C. The Morgan fingerprint density at radius 3 is 2.85 bits per heavy atom. The van der Waals surface area contributed by atoms with Crippen LogP contribution in [0.4, 0.5) is 0 Å². The van der Waals surface area contributed by atoms with E-state index >= 15 is 0 Å². The lowest BCUT2D eigenvalue weighted by molar-refractivity contribution is 0.656. The van der Waals surface area contributed by atoms with Crippen molar-refractivity contribution in [3.05, 3.63) is 30.4 Å². The molecule has 2 heteroatoms. The van der Waals surface area contributed by atoms with Gasteiger partial charge in [-0.1, -0.05) is 32.9 Å². The number of imidazole rings is 1. The van der Waals surface area contributed by atoms with Crippen LogP contribution in [0.3, 0.4) is 0 Å². The highest BCUT2D eigenvalue weighted by Gasteiger charge is 2.06. The molecule has 0 aliphatic carbocycles. The van der Waals surface area contributed by atoms with Gasteiger partial charge in [-0.2, -0.15) is 0 Å². The van der Waals surface area contributed by atoms with Crippen LogP contribution >= 0.6 is 0 Å². The molecule has 0 N–H and O–H groups in total. The van der Waals surface area contributed by atoms with Crippen LogP contribution in [0.2, 0.25) is 0 Å². The van der Waals surface area contributed by atoms with E-state index in [4.69, 9.17) is 0 Å². The lowest BCUT2D eigenvalue weighted by atomic mass is 10.2. The third-order valence-electron chi connectivity index (χ3n) is 2.16. The monoisotopic (exact) mass is 178 g/mol. The van der Waals surface area contributed by atoms with Crippen molar-refractivity contribution in [2.24, 2.45) is 0 Å². The first-order chi connectivity index (χ1) is 6.15. The smallest absolute Gasteiger partial charge is 0.111 e. The summed E-state index contributed by atoms with van der Waals surface area (Å²) < 4.78 is 2.18.